The normalized spacial score (nSPS) is 24.2. The predicted octanol–water partition coefficient (Wildman–Crippen LogP) is 3.84. The van der Waals surface area contributed by atoms with Crippen molar-refractivity contribution in [1.82, 2.24) is 9.88 Å². The summed E-state index contributed by atoms with van der Waals surface area (Å²) in [4.78, 5) is 28.3. The highest BCUT2D eigenvalue weighted by Crippen LogP contribution is 2.42. The molecule has 0 radical (unpaired) electrons. The van der Waals surface area contributed by atoms with Gasteiger partial charge < -0.3 is 15.1 Å². The number of carboxylic acid groups (broad SMARTS) is 2. The van der Waals surface area contributed by atoms with Crippen molar-refractivity contribution >= 4 is 23.3 Å². The molecule has 5 rings (SSSR count). The monoisotopic (exact) mass is 426 g/mol. The molecular weight excluding hydrogens is 400 g/mol. The van der Waals surface area contributed by atoms with E-state index in [1.807, 2.05) is 11.3 Å². The molecule has 30 heavy (non-hydrogen) atoms. The van der Waals surface area contributed by atoms with Crippen LogP contribution in [0.2, 0.25) is 0 Å². The number of hydrogen-bond acceptors (Lipinski definition) is 5. The highest BCUT2D eigenvalue weighted by molar-refractivity contribution is 7.12. The number of nitrogens with zero attached hydrogens (tertiary/aromatic N) is 2. The van der Waals surface area contributed by atoms with Crippen LogP contribution >= 0.6 is 11.3 Å². The Morgan fingerprint density at radius 1 is 1.13 bits per heavy atom. The first-order chi connectivity index (χ1) is 14.4. The number of piperidine rings is 1. The number of thiazole rings is 1. The van der Waals surface area contributed by atoms with Crippen molar-refractivity contribution in [1.29, 1.82) is 0 Å². The van der Waals surface area contributed by atoms with Gasteiger partial charge in [0.15, 0.2) is 0 Å². The summed E-state index contributed by atoms with van der Waals surface area (Å²) in [6, 6.07) is 10.5. The minimum Gasteiger partial charge on any atom is -0.478 e. The molecule has 2 N–H and O–H groups in total. The third-order valence-corrected chi connectivity index (χ3v) is 7.47. The van der Waals surface area contributed by atoms with Gasteiger partial charge in [0, 0.05) is 47.5 Å². The Balaban J connectivity index is 0.000000235. The van der Waals surface area contributed by atoms with E-state index in [1.54, 1.807) is 0 Å². The van der Waals surface area contributed by atoms with Gasteiger partial charge in [0.2, 0.25) is 0 Å². The molecule has 3 heterocycles. The molecule has 2 saturated heterocycles. The first-order valence-electron chi connectivity index (χ1n) is 10.3. The van der Waals surface area contributed by atoms with Crippen LogP contribution in [0.1, 0.15) is 41.1 Å². The summed E-state index contributed by atoms with van der Waals surface area (Å²) in [5, 5.41) is 17.0. The lowest BCUT2D eigenvalue weighted by molar-refractivity contribution is -0.134. The summed E-state index contributed by atoms with van der Waals surface area (Å²) >= 11 is 1.97. The Morgan fingerprint density at radius 2 is 1.77 bits per heavy atom. The molecule has 2 atom stereocenters. The van der Waals surface area contributed by atoms with Crippen LogP contribution < -0.4 is 0 Å². The van der Waals surface area contributed by atoms with E-state index in [0.717, 1.165) is 24.4 Å². The molecule has 0 saturated carbocycles. The average molecular weight is 427 g/mol. The number of rotatable bonds is 4. The number of aliphatic carboxylic acids is 2. The van der Waals surface area contributed by atoms with Gasteiger partial charge in [0.05, 0.1) is 10.7 Å². The highest BCUT2D eigenvalue weighted by atomic mass is 32.1. The smallest absolute Gasteiger partial charge is 0.328 e. The summed E-state index contributed by atoms with van der Waals surface area (Å²) < 4.78 is 0. The van der Waals surface area contributed by atoms with Gasteiger partial charge in [-0.1, -0.05) is 24.3 Å². The maximum atomic E-state index is 9.55. The number of carboxylic acids is 2. The molecule has 2 fully saturated rings. The Kier molecular flexibility index (Phi) is 6.01. The van der Waals surface area contributed by atoms with Crippen LogP contribution in [0.4, 0.5) is 0 Å². The van der Waals surface area contributed by atoms with Crippen LogP contribution in [0, 0.1) is 5.92 Å². The van der Waals surface area contributed by atoms with Gasteiger partial charge in [0.1, 0.15) is 0 Å². The standard InChI is InChI=1S/C19H22N2S.C4H4O4/c1-21-14-6-7-15(21)9-12(8-14)10-18-20-19-16-5-3-2-4-13(16)11-17(19)22-18;5-3(6)1-2-4(7)8/h2-5,12,14-15H,6-11H2,1H3;1-2H,(H,5,6)(H,7,8)/b;2-1+. The third-order valence-electron chi connectivity index (χ3n) is 6.39. The average Bonchev–Trinajstić information content (AvgIpc) is 3.29. The fourth-order valence-corrected chi connectivity index (χ4v) is 6.20. The maximum Gasteiger partial charge on any atom is 0.328 e. The van der Waals surface area contributed by atoms with Crippen molar-refractivity contribution in [2.24, 2.45) is 5.92 Å². The molecule has 1 aliphatic carbocycles. The second kappa shape index (κ2) is 8.70. The highest BCUT2D eigenvalue weighted by Gasteiger charge is 2.38. The molecule has 0 spiro atoms. The number of hydrogen-bond donors (Lipinski definition) is 2. The maximum absolute atomic E-state index is 9.55. The summed E-state index contributed by atoms with van der Waals surface area (Å²) in [6.07, 6.45) is 9.02. The summed E-state index contributed by atoms with van der Waals surface area (Å²) in [6.45, 7) is 0. The number of aromatic nitrogens is 1. The lowest BCUT2D eigenvalue weighted by Crippen LogP contribution is -2.40. The largest absolute Gasteiger partial charge is 0.478 e. The van der Waals surface area contributed by atoms with Crippen LogP contribution in [0.25, 0.3) is 11.3 Å². The van der Waals surface area contributed by atoms with E-state index in [9.17, 15) is 9.59 Å². The van der Waals surface area contributed by atoms with E-state index in [2.05, 4.69) is 36.2 Å². The zero-order valence-electron chi connectivity index (χ0n) is 17.0. The number of benzene rings is 1. The van der Waals surface area contributed by atoms with Crippen LogP contribution in [0.15, 0.2) is 36.4 Å². The van der Waals surface area contributed by atoms with Crippen LogP contribution in [0.5, 0.6) is 0 Å². The van der Waals surface area contributed by atoms with E-state index in [4.69, 9.17) is 15.2 Å². The Hall–Kier alpha value is -2.51. The van der Waals surface area contributed by atoms with Gasteiger partial charge in [-0.2, -0.15) is 0 Å². The van der Waals surface area contributed by atoms with Gasteiger partial charge in [-0.3, -0.25) is 0 Å². The van der Waals surface area contributed by atoms with Crippen LogP contribution in [-0.2, 0) is 22.4 Å². The fourth-order valence-electron chi connectivity index (χ4n) is 4.98. The molecule has 0 amide bonds. The van der Waals surface area contributed by atoms with Crippen LogP contribution in [-0.4, -0.2) is 51.2 Å². The van der Waals surface area contributed by atoms with Gasteiger partial charge >= 0.3 is 11.9 Å². The van der Waals surface area contributed by atoms with E-state index in [-0.39, 0.29) is 0 Å². The van der Waals surface area contributed by atoms with Crippen molar-refractivity contribution in [2.75, 3.05) is 7.05 Å². The first kappa shape index (κ1) is 20.8. The van der Waals surface area contributed by atoms with Crippen molar-refractivity contribution in [3.63, 3.8) is 0 Å². The van der Waals surface area contributed by atoms with Crippen molar-refractivity contribution in [3.8, 4) is 11.3 Å². The zero-order chi connectivity index (χ0) is 21.3. The Morgan fingerprint density at radius 3 is 2.40 bits per heavy atom. The molecule has 1 aromatic heterocycles. The number of carbonyl (C=O) groups is 2. The lowest BCUT2D eigenvalue weighted by Gasteiger charge is -2.36. The first-order valence-corrected chi connectivity index (χ1v) is 11.1. The minimum atomic E-state index is -1.26. The predicted molar refractivity (Wildman–Crippen MR) is 116 cm³/mol. The van der Waals surface area contributed by atoms with E-state index < -0.39 is 11.9 Å². The number of fused-ring (bicyclic) bond motifs is 5. The SMILES string of the molecule is CN1C2CCC1CC(Cc1nc3c(s1)Cc1ccccc1-3)C2.O=C(O)/C=C/C(=O)O. The molecule has 7 heteroatoms. The second-order valence-corrected chi connectivity index (χ2v) is 9.48. The zero-order valence-corrected chi connectivity index (χ0v) is 17.8. The quantitative estimate of drug-likeness (QED) is 0.616. The van der Waals surface area contributed by atoms with Crippen LogP contribution in [0.3, 0.4) is 0 Å². The molecule has 3 aliphatic rings. The fraction of sp³-hybridized carbons (Fsp3) is 0.435. The van der Waals surface area contributed by atoms with E-state index >= 15 is 0 Å². The summed E-state index contributed by atoms with van der Waals surface area (Å²) in [5.41, 5.74) is 4.12. The van der Waals surface area contributed by atoms with Crippen molar-refractivity contribution in [2.45, 2.75) is 50.6 Å². The summed E-state index contributed by atoms with van der Waals surface area (Å²) in [5.74, 6) is -1.66. The molecule has 158 valence electrons. The molecule has 2 unspecified atom stereocenters. The van der Waals surface area contributed by atoms with E-state index in [1.165, 1.54) is 58.8 Å². The molecule has 2 aromatic rings. The van der Waals surface area contributed by atoms with Gasteiger partial charge in [0.25, 0.3) is 0 Å². The molecule has 1 aromatic carbocycles. The molecule has 2 bridgehead atoms. The summed E-state index contributed by atoms with van der Waals surface area (Å²) in [7, 11) is 2.33. The topological polar surface area (TPSA) is 90.7 Å². The lowest BCUT2D eigenvalue weighted by atomic mass is 9.89. The molecule has 2 aliphatic heterocycles. The molecular formula is C23H26N2O4S. The molecule has 6 nitrogen and oxygen atoms in total. The Labute approximate surface area is 179 Å². The second-order valence-electron chi connectivity index (χ2n) is 8.32. The third kappa shape index (κ3) is 4.47. The van der Waals surface area contributed by atoms with Gasteiger partial charge in [-0.05, 0) is 44.2 Å². The van der Waals surface area contributed by atoms with Gasteiger partial charge in [-0.15, -0.1) is 11.3 Å². The van der Waals surface area contributed by atoms with Crippen molar-refractivity contribution < 1.29 is 19.8 Å². The van der Waals surface area contributed by atoms with Gasteiger partial charge in [-0.25, -0.2) is 14.6 Å². The van der Waals surface area contributed by atoms with E-state index in [0.29, 0.717) is 12.2 Å². The van der Waals surface area contributed by atoms with Crippen molar-refractivity contribution in [3.05, 3.63) is 51.9 Å². The minimum absolute atomic E-state index is 0.558. The Bertz CT molecular complexity index is 953.